The van der Waals surface area contributed by atoms with Crippen molar-refractivity contribution in [3.05, 3.63) is 51.7 Å². The van der Waals surface area contributed by atoms with Gasteiger partial charge >= 0.3 is 5.63 Å². The van der Waals surface area contributed by atoms with Crippen molar-refractivity contribution < 1.29 is 4.42 Å². The SMILES string of the molecule is C=C(C)[C@H]1CCc2cc3c(=O)oc(C)cc3nc2C1. The van der Waals surface area contributed by atoms with E-state index < -0.39 is 0 Å². The summed E-state index contributed by atoms with van der Waals surface area (Å²) in [5, 5.41) is 0.595. The number of hydrogen-bond acceptors (Lipinski definition) is 3. The lowest BCUT2D eigenvalue weighted by Crippen LogP contribution is -2.17. The number of hydrogen-bond donors (Lipinski definition) is 0. The predicted octanol–water partition coefficient (Wildman–Crippen LogP) is 3.18. The largest absolute Gasteiger partial charge is 0.428 e. The van der Waals surface area contributed by atoms with Crippen LogP contribution in [-0.4, -0.2) is 4.98 Å². The van der Waals surface area contributed by atoms with Crippen molar-refractivity contribution in [3.63, 3.8) is 0 Å². The van der Waals surface area contributed by atoms with E-state index in [1.165, 1.54) is 11.1 Å². The molecule has 0 aliphatic heterocycles. The average Bonchev–Trinajstić information content (AvgIpc) is 2.35. The normalized spacial score (nSPS) is 18.3. The highest BCUT2D eigenvalue weighted by Crippen LogP contribution is 2.29. The van der Waals surface area contributed by atoms with Crippen LogP contribution in [0.1, 0.15) is 30.4 Å². The second-order valence-electron chi connectivity index (χ2n) is 5.46. The van der Waals surface area contributed by atoms with E-state index in [0.717, 1.165) is 30.5 Å². The molecule has 0 N–H and O–H groups in total. The molecule has 1 aliphatic rings. The van der Waals surface area contributed by atoms with Crippen LogP contribution in [0.3, 0.4) is 0 Å². The quantitative estimate of drug-likeness (QED) is 0.735. The number of fused-ring (bicyclic) bond motifs is 2. The fraction of sp³-hybridized carbons (Fsp3) is 0.375. The van der Waals surface area contributed by atoms with Crippen LogP contribution < -0.4 is 5.63 Å². The van der Waals surface area contributed by atoms with Gasteiger partial charge < -0.3 is 4.42 Å². The lowest BCUT2D eigenvalue weighted by atomic mass is 9.83. The van der Waals surface area contributed by atoms with Gasteiger partial charge in [0, 0.05) is 11.8 Å². The van der Waals surface area contributed by atoms with Crippen LogP contribution in [0.2, 0.25) is 0 Å². The van der Waals surface area contributed by atoms with Gasteiger partial charge in [0.1, 0.15) is 5.76 Å². The van der Waals surface area contributed by atoms with E-state index in [-0.39, 0.29) is 5.63 Å². The van der Waals surface area contributed by atoms with Crippen LogP contribution in [0.25, 0.3) is 10.9 Å². The van der Waals surface area contributed by atoms with Gasteiger partial charge in [-0.1, -0.05) is 12.2 Å². The summed E-state index contributed by atoms with van der Waals surface area (Å²) in [4.78, 5) is 16.5. The van der Waals surface area contributed by atoms with Crippen molar-refractivity contribution in [1.82, 2.24) is 4.98 Å². The smallest absolute Gasteiger partial charge is 0.345 e. The maximum absolute atomic E-state index is 11.8. The molecule has 0 bridgehead atoms. The third-order valence-electron chi connectivity index (χ3n) is 3.93. The number of aromatic nitrogens is 1. The zero-order valence-corrected chi connectivity index (χ0v) is 11.3. The van der Waals surface area contributed by atoms with Crippen molar-refractivity contribution in [3.8, 4) is 0 Å². The Hall–Kier alpha value is -1.90. The predicted molar refractivity (Wildman–Crippen MR) is 75.3 cm³/mol. The molecule has 0 saturated carbocycles. The minimum atomic E-state index is -0.285. The van der Waals surface area contributed by atoms with Gasteiger partial charge in [-0.15, -0.1) is 0 Å². The van der Waals surface area contributed by atoms with Gasteiger partial charge in [0.15, 0.2) is 0 Å². The van der Waals surface area contributed by atoms with Gasteiger partial charge in [0.25, 0.3) is 0 Å². The highest BCUT2D eigenvalue weighted by atomic mass is 16.4. The molecule has 3 nitrogen and oxygen atoms in total. The maximum atomic E-state index is 11.8. The summed E-state index contributed by atoms with van der Waals surface area (Å²) < 4.78 is 5.13. The van der Waals surface area contributed by atoms with E-state index in [4.69, 9.17) is 4.42 Å². The van der Waals surface area contributed by atoms with Gasteiger partial charge in [-0.05, 0) is 50.7 Å². The minimum Gasteiger partial charge on any atom is -0.428 e. The Kier molecular flexibility index (Phi) is 2.77. The molecule has 0 radical (unpaired) electrons. The molecule has 2 aromatic rings. The van der Waals surface area contributed by atoms with Crippen molar-refractivity contribution >= 4 is 10.9 Å². The Morgan fingerprint density at radius 3 is 3.00 bits per heavy atom. The van der Waals surface area contributed by atoms with Crippen molar-refractivity contribution in [1.29, 1.82) is 0 Å². The number of allylic oxidation sites excluding steroid dienone is 1. The van der Waals surface area contributed by atoms with Crippen LogP contribution >= 0.6 is 0 Å². The summed E-state index contributed by atoms with van der Waals surface area (Å²) >= 11 is 0. The third-order valence-corrected chi connectivity index (χ3v) is 3.93. The first-order valence-electron chi connectivity index (χ1n) is 6.63. The van der Waals surface area contributed by atoms with Gasteiger partial charge in [0.05, 0.1) is 10.9 Å². The van der Waals surface area contributed by atoms with Crippen LogP contribution in [0.5, 0.6) is 0 Å². The molecule has 19 heavy (non-hydrogen) atoms. The summed E-state index contributed by atoms with van der Waals surface area (Å²) in [7, 11) is 0. The van der Waals surface area contributed by atoms with E-state index in [1.54, 1.807) is 6.92 Å². The third kappa shape index (κ3) is 2.09. The topological polar surface area (TPSA) is 43.1 Å². The molecule has 0 aromatic carbocycles. The van der Waals surface area contributed by atoms with E-state index in [2.05, 4.69) is 18.5 Å². The second-order valence-corrected chi connectivity index (χ2v) is 5.46. The Balaban J connectivity index is 2.16. The molecule has 1 aliphatic carbocycles. The highest BCUT2D eigenvalue weighted by Gasteiger charge is 2.21. The van der Waals surface area contributed by atoms with Crippen LogP contribution in [0.15, 0.2) is 33.5 Å². The number of nitrogens with zero attached hydrogens (tertiary/aromatic N) is 1. The summed E-state index contributed by atoms with van der Waals surface area (Å²) in [6.07, 6.45) is 2.98. The van der Waals surface area contributed by atoms with E-state index in [0.29, 0.717) is 17.1 Å². The maximum Gasteiger partial charge on any atom is 0.345 e. The molecule has 3 rings (SSSR count). The Labute approximate surface area is 112 Å². The first-order valence-corrected chi connectivity index (χ1v) is 6.63. The van der Waals surface area contributed by atoms with E-state index in [9.17, 15) is 4.79 Å². The van der Waals surface area contributed by atoms with Gasteiger partial charge in [-0.3, -0.25) is 4.98 Å². The molecule has 1 atom stereocenters. The van der Waals surface area contributed by atoms with Crippen LogP contribution in [0.4, 0.5) is 0 Å². The van der Waals surface area contributed by atoms with E-state index >= 15 is 0 Å². The van der Waals surface area contributed by atoms with Gasteiger partial charge in [0.2, 0.25) is 0 Å². The van der Waals surface area contributed by atoms with Crippen molar-refractivity contribution in [2.45, 2.75) is 33.1 Å². The Morgan fingerprint density at radius 2 is 2.26 bits per heavy atom. The number of pyridine rings is 1. The molecular formula is C16H17NO2. The minimum absolute atomic E-state index is 0.285. The lowest BCUT2D eigenvalue weighted by Gasteiger charge is -2.24. The molecule has 0 saturated heterocycles. The monoisotopic (exact) mass is 255 g/mol. The molecule has 3 heteroatoms. The standard InChI is InChI=1S/C16H17NO2/c1-9(2)11-4-5-12-7-13-15(17-14(12)8-11)6-10(3)19-16(13)18/h6-7,11H,1,4-5,8H2,2-3H3/t11-/m0/s1. The molecule has 0 fully saturated rings. The molecule has 2 aromatic heterocycles. The van der Waals surface area contributed by atoms with Crippen LogP contribution in [0, 0.1) is 12.8 Å². The van der Waals surface area contributed by atoms with Gasteiger partial charge in [-0.2, -0.15) is 0 Å². The number of aryl methyl sites for hydroxylation is 2. The fourth-order valence-electron chi connectivity index (χ4n) is 2.78. The zero-order valence-electron chi connectivity index (χ0n) is 11.3. The molecule has 0 unspecified atom stereocenters. The average molecular weight is 255 g/mol. The summed E-state index contributed by atoms with van der Waals surface area (Å²) in [6.45, 7) is 7.90. The lowest BCUT2D eigenvalue weighted by molar-refractivity contribution is 0.486. The zero-order chi connectivity index (χ0) is 13.6. The first kappa shape index (κ1) is 12.2. The molecule has 98 valence electrons. The Morgan fingerprint density at radius 1 is 1.47 bits per heavy atom. The molecule has 0 amide bonds. The molecule has 0 spiro atoms. The van der Waals surface area contributed by atoms with Crippen molar-refractivity contribution in [2.75, 3.05) is 0 Å². The second kappa shape index (κ2) is 4.34. The Bertz CT molecular complexity index is 727. The molecule has 2 heterocycles. The van der Waals surface area contributed by atoms with Gasteiger partial charge in [-0.25, -0.2) is 4.79 Å². The molecular weight excluding hydrogens is 238 g/mol. The summed E-state index contributed by atoms with van der Waals surface area (Å²) in [6, 6.07) is 3.79. The van der Waals surface area contributed by atoms with Crippen molar-refractivity contribution in [2.24, 2.45) is 5.92 Å². The summed E-state index contributed by atoms with van der Waals surface area (Å²) in [5.41, 5.74) is 3.97. The van der Waals surface area contributed by atoms with Crippen LogP contribution in [-0.2, 0) is 12.8 Å². The van der Waals surface area contributed by atoms with E-state index in [1.807, 2.05) is 12.1 Å². The number of rotatable bonds is 1. The summed E-state index contributed by atoms with van der Waals surface area (Å²) in [5.74, 6) is 1.12. The highest BCUT2D eigenvalue weighted by molar-refractivity contribution is 5.78. The first-order chi connectivity index (χ1) is 9.04. The fourth-order valence-corrected chi connectivity index (χ4v) is 2.78.